The van der Waals surface area contributed by atoms with Crippen molar-refractivity contribution in [1.29, 1.82) is 0 Å². The van der Waals surface area contributed by atoms with E-state index in [-0.39, 0.29) is 0 Å². The summed E-state index contributed by atoms with van der Waals surface area (Å²) in [7, 11) is 0. The number of nitrogens with one attached hydrogen (secondary N) is 1. The second kappa shape index (κ2) is 6.96. The van der Waals surface area contributed by atoms with Gasteiger partial charge in [0.15, 0.2) is 11.4 Å². The molecule has 0 unspecified atom stereocenters. The maximum Gasteiger partial charge on any atom is 0.247 e. The molecule has 1 aliphatic heterocycles. The van der Waals surface area contributed by atoms with E-state index in [1.165, 1.54) is 5.56 Å². The number of hydrogen-bond acceptors (Lipinski definition) is 6. The molecule has 132 valence electrons. The Labute approximate surface area is 157 Å². The van der Waals surface area contributed by atoms with Gasteiger partial charge in [-0.25, -0.2) is 0 Å². The predicted octanol–water partition coefficient (Wildman–Crippen LogP) is 4.76. The number of benzene rings is 2. The zero-order chi connectivity index (χ0) is 18.0. The van der Waals surface area contributed by atoms with Crippen LogP contribution in [0.3, 0.4) is 0 Å². The summed E-state index contributed by atoms with van der Waals surface area (Å²) in [6.07, 6.45) is 0.789. The molecule has 4 rings (SSSR count). The lowest BCUT2D eigenvalue weighted by Gasteiger charge is -2.29. The summed E-state index contributed by atoms with van der Waals surface area (Å²) in [6.45, 7) is 4.11. The zero-order valence-corrected chi connectivity index (χ0v) is 15.6. The largest absolute Gasteiger partial charge is 0.450 e. The van der Waals surface area contributed by atoms with Crippen molar-refractivity contribution in [3.05, 3.63) is 60.2 Å². The first-order valence-electron chi connectivity index (χ1n) is 8.65. The van der Waals surface area contributed by atoms with Gasteiger partial charge >= 0.3 is 0 Å². The molecule has 0 bridgehead atoms. The van der Waals surface area contributed by atoms with Crippen molar-refractivity contribution in [3.63, 3.8) is 0 Å². The van der Waals surface area contributed by atoms with E-state index in [9.17, 15) is 0 Å². The van der Waals surface area contributed by atoms with E-state index in [0.717, 1.165) is 23.4 Å². The number of anilines is 1. The van der Waals surface area contributed by atoms with E-state index in [1.54, 1.807) is 11.8 Å². The van der Waals surface area contributed by atoms with Crippen LogP contribution < -0.4 is 10.1 Å². The molecule has 6 heteroatoms. The molecule has 1 aromatic heterocycles. The van der Waals surface area contributed by atoms with Crippen LogP contribution in [0.15, 0.2) is 59.8 Å². The smallest absolute Gasteiger partial charge is 0.247 e. The fraction of sp³-hybridized carbons (Fsp3) is 0.250. The molecule has 26 heavy (non-hydrogen) atoms. The third kappa shape index (κ3) is 3.37. The van der Waals surface area contributed by atoms with Crippen LogP contribution in [-0.4, -0.2) is 20.9 Å². The normalized spacial score (nSPS) is 18.1. The lowest BCUT2D eigenvalue weighted by Crippen LogP contribution is -2.40. The molecule has 0 amide bonds. The molecule has 0 aliphatic carbocycles. The number of nitrogens with zero attached hydrogens (tertiary/aromatic N) is 3. The van der Waals surface area contributed by atoms with E-state index in [4.69, 9.17) is 4.74 Å². The Kier molecular flexibility index (Phi) is 4.51. The summed E-state index contributed by atoms with van der Waals surface area (Å²) >= 11 is 1.56. The van der Waals surface area contributed by atoms with E-state index in [1.807, 2.05) is 49.4 Å². The maximum atomic E-state index is 6.23. The molecule has 0 saturated carbocycles. The van der Waals surface area contributed by atoms with Gasteiger partial charge in [-0.3, -0.25) is 0 Å². The van der Waals surface area contributed by atoms with Gasteiger partial charge in [0.05, 0.1) is 0 Å². The van der Waals surface area contributed by atoms with Gasteiger partial charge in [0.2, 0.25) is 11.0 Å². The summed E-state index contributed by atoms with van der Waals surface area (Å²) in [5, 5.41) is 12.8. The van der Waals surface area contributed by atoms with E-state index >= 15 is 0 Å². The number of hydrogen-bond donors (Lipinski definition) is 1. The Morgan fingerprint density at radius 2 is 1.81 bits per heavy atom. The lowest BCUT2D eigenvalue weighted by atomic mass is 10.1. The Morgan fingerprint density at radius 3 is 2.62 bits per heavy atom. The fourth-order valence-corrected chi connectivity index (χ4v) is 3.54. The van der Waals surface area contributed by atoms with Crippen molar-refractivity contribution in [2.45, 2.75) is 36.9 Å². The third-order valence-corrected chi connectivity index (χ3v) is 5.33. The van der Waals surface area contributed by atoms with E-state index in [0.29, 0.717) is 16.7 Å². The van der Waals surface area contributed by atoms with Gasteiger partial charge in [0.25, 0.3) is 0 Å². The first-order chi connectivity index (χ1) is 12.7. The van der Waals surface area contributed by atoms with Gasteiger partial charge < -0.3 is 10.1 Å². The van der Waals surface area contributed by atoms with Gasteiger partial charge in [-0.2, -0.15) is 4.98 Å². The summed E-state index contributed by atoms with van der Waals surface area (Å²) in [6, 6.07) is 18.3. The van der Waals surface area contributed by atoms with Gasteiger partial charge in [-0.05, 0) is 18.6 Å². The molecular formula is C20H20N4OS. The number of thioether (sulfide) groups is 1. The number of ether oxygens (including phenoxy) is 1. The summed E-state index contributed by atoms with van der Waals surface area (Å²) in [4.78, 5) is 4.66. The van der Waals surface area contributed by atoms with Crippen molar-refractivity contribution in [1.82, 2.24) is 15.2 Å². The van der Waals surface area contributed by atoms with Crippen LogP contribution in [0.25, 0.3) is 11.3 Å². The third-order valence-electron chi connectivity index (χ3n) is 4.42. The molecule has 3 aromatic rings. The SMILES string of the molecule is CC[C@@]1(C)Nc2ccccc2-c2nnc(SCc3ccccc3)nc2O1. The van der Waals surface area contributed by atoms with Crippen LogP contribution in [0.2, 0.25) is 0 Å². The van der Waals surface area contributed by atoms with Gasteiger partial charge in [-0.15, -0.1) is 10.2 Å². The average molecular weight is 364 g/mol. The monoisotopic (exact) mass is 364 g/mol. The summed E-state index contributed by atoms with van der Waals surface area (Å²) < 4.78 is 6.23. The lowest BCUT2D eigenvalue weighted by molar-refractivity contribution is 0.109. The average Bonchev–Trinajstić information content (AvgIpc) is 2.80. The molecule has 2 aromatic carbocycles. The molecule has 0 radical (unpaired) electrons. The quantitative estimate of drug-likeness (QED) is 0.674. The highest BCUT2D eigenvalue weighted by Crippen LogP contribution is 2.39. The van der Waals surface area contributed by atoms with Crippen LogP contribution >= 0.6 is 11.8 Å². The van der Waals surface area contributed by atoms with Gasteiger partial charge in [-0.1, -0.05) is 67.2 Å². The van der Waals surface area contributed by atoms with Crippen molar-refractivity contribution in [3.8, 4) is 17.1 Å². The maximum absolute atomic E-state index is 6.23. The van der Waals surface area contributed by atoms with Gasteiger partial charge in [0, 0.05) is 23.4 Å². The molecule has 1 atom stereocenters. The first-order valence-corrected chi connectivity index (χ1v) is 9.63. The fourth-order valence-electron chi connectivity index (χ4n) is 2.80. The van der Waals surface area contributed by atoms with Crippen molar-refractivity contribution >= 4 is 17.4 Å². The van der Waals surface area contributed by atoms with Crippen LogP contribution in [0.4, 0.5) is 5.69 Å². The number of rotatable bonds is 4. The minimum Gasteiger partial charge on any atom is -0.450 e. The van der Waals surface area contributed by atoms with Crippen molar-refractivity contribution in [2.24, 2.45) is 0 Å². The Bertz CT molecular complexity index is 919. The van der Waals surface area contributed by atoms with Crippen molar-refractivity contribution in [2.75, 3.05) is 5.32 Å². The molecule has 0 fully saturated rings. The molecule has 0 saturated heterocycles. The predicted molar refractivity (Wildman–Crippen MR) is 104 cm³/mol. The minimum absolute atomic E-state index is 0.525. The van der Waals surface area contributed by atoms with Crippen LogP contribution in [0.1, 0.15) is 25.8 Å². The molecule has 2 heterocycles. The topological polar surface area (TPSA) is 59.9 Å². The van der Waals surface area contributed by atoms with E-state index < -0.39 is 5.72 Å². The second-order valence-electron chi connectivity index (χ2n) is 6.38. The molecule has 1 aliphatic rings. The Morgan fingerprint density at radius 1 is 1.04 bits per heavy atom. The zero-order valence-electron chi connectivity index (χ0n) is 14.8. The van der Waals surface area contributed by atoms with Gasteiger partial charge in [0.1, 0.15) is 0 Å². The highest BCUT2D eigenvalue weighted by molar-refractivity contribution is 7.98. The standard InChI is InChI=1S/C20H20N4OS/c1-3-20(2)22-16-12-8-7-11-15(16)17-18(25-20)21-19(24-23-17)26-13-14-9-5-4-6-10-14/h4-12,22H,3,13H2,1-2H3/t20-/m0/s1. The number of fused-ring (bicyclic) bond motifs is 3. The van der Waals surface area contributed by atoms with E-state index in [2.05, 4.69) is 39.6 Å². The highest BCUT2D eigenvalue weighted by Gasteiger charge is 2.32. The van der Waals surface area contributed by atoms with Crippen LogP contribution in [0.5, 0.6) is 5.88 Å². The Hall–Kier alpha value is -2.60. The Balaban J connectivity index is 1.68. The number of para-hydroxylation sites is 1. The number of aromatic nitrogens is 3. The second-order valence-corrected chi connectivity index (χ2v) is 7.32. The molecule has 0 spiro atoms. The van der Waals surface area contributed by atoms with Crippen LogP contribution in [-0.2, 0) is 5.75 Å². The van der Waals surface area contributed by atoms with Crippen molar-refractivity contribution < 1.29 is 4.74 Å². The molecule has 5 nitrogen and oxygen atoms in total. The molecular weight excluding hydrogens is 344 g/mol. The summed E-state index contributed by atoms with van der Waals surface area (Å²) in [5.74, 6) is 1.32. The van der Waals surface area contributed by atoms with Crippen LogP contribution in [0, 0.1) is 0 Å². The summed E-state index contributed by atoms with van der Waals surface area (Å²) in [5.41, 5.74) is 3.30. The molecule has 1 N–H and O–H groups in total. The highest BCUT2D eigenvalue weighted by atomic mass is 32.2. The first kappa shape index (κ1) is 16.8. The minimum atomic E-state index is -0.543.